The molecule has 1 heterocycles. The fourth-order valence-electron chi connectivity index (χ4n) is 2.19. The number of rotatable bonds is 3. The highest BCUT2D eigenvalue weighted by Gasteiger charge is 2.26. The van der Waals surface area contributed by atoms with E-state index in [9.17, 15) is 4.39 Å². The van der Waals surface area contributed by atoms with Gasteiger partial charge in [-0.15, -0.1) is 0 Å². The molecular weight excluding hydrogens is 205 g/mol. The average molecular weight is 223 g/mol. The first-order valence-electron chi connectivity index (χ1n) is 5.80. The predicted molar refractivity (Wildman–Crippen MR) is 61.8 cm³/mol. The van der Waals surface area contributed by atoms with Crippen LogP contribution in [0.3, 0.4) is 0 Å². The standard InChI is InChI=1S/C13H18FNO/c1-9(11-5-3-4-6-12(11)14)15-13-7-8-16-10(13)2/h3-6,9-10,13,15H,7-8H2,1-2H3/t9-,10?,13?/m1/s1. The van der Waals surface area contributed by atoms with Crippen LogP contribution in [0, 0.1) is 5.82 Å². The van der Waals surface area contributed by atoms with E-state index in [1.807, 2.05) is 19.1 Å². The highest BCUT2D eigenvalue weighted by molar-refractivity contribution is 5.20. The van der Waals surface area contributed by atoms with Gasteiger partial charge in [-0.05, 0) is 26.3 Å². The molecule has 0 spiro atoms. The van der Waals surface area contributed by atoms with Crippen LogP contribution in [0.5, 0.6) is 0 Å². The van der Waals surface area contributed by atoms with E-state index in [0.717, 1.165) is 18.6 Å². The molecule has 0 bridgehead atoms. The van der Waals surface area contributed by atoms with Gasteiger partial charge in [0.1, 0.15) is 5.82 Å². The molecule has 1 aliphatic rings. The predicted octanol–water partition coefficient (Wildman–Crippen LogP) is 2.65. The van der Waals surface area contributed by atoms with E-state index < -0.39 is 0 Å². The number of halogens is 1. The van der Waals surface area contributed by atoms with E-state index in [4.69, 9.17) is 4.74 Å². The molecule has 3 atom stereocenters. The molecular formula is C13H18FNO. The molecule has 88 valence electrons. The molecule has 0 aromatic heterocycles. The van der Waals surface area contributed by atoms with E-state index in [1.165, 1.54) is 6.07 Å². The molecule has 2 unspecified atom stereocenters. The Morgan fingerprint density at radius 3 is 2.81 bits per heavy atom. The van der Waals surface area contributed by atoms with Gasteiger partial charge in [0.15, 0.2) is 0 Å². The zero-order valence-electron chi connectivity index (χ0n) is 9.74. The van der Waals surface area contributed by atoms with Gasteiger partial charge in [-0.25, -0.2) is 4.39 Å². The van der Waals surface area contributed by atoms with Crippen molar-refractivity contribution in [2.24, 2.45) is 0 Å². The minimum atomic E-state index is -0.144. The molecule has 1 fully saturated rings. The maximum absolute atomic E-state index is 13.5. The van der Waals surface area contributed by atoms with Crippen molar-refractivity contribution in [2.75, 3.05) is 6.61 Å². The summed E-state index contributed by atoms with van der Waals surface area (Å²) < 4.78 is 19.0. The second-order valence-electron chi connectivity index (χ2n) is 4.38. The van der Waals surface area contributed by atoms with Crippen molar-refractivity contribution in [1.29, 1.82) is 0 Å². The van der Waals surface area contributed by atoms with Gasteiger partial charge in [0.2, 0.25) is 0 Å². The average Bonchev–Trinajstić information content (AvgIpc) is 2.65. The van der Waals surface area contributed by atoms with Crippen molar-refractivity contribution < 1.29 is 9.13 Å². The summed E-state index contributed by atoms with van der Waals surface area (Å²) >= 11 is 0. The van der Waals surface area contributed by atoms with Gasteiger partial charge in [-0.3, -0.25) is 0 Å². The van der Waals surface area contributed by atoms with Crippen molar-refractivity contribution in [3.8, 4) is 0 Å². The molecule has 0 saturated carbocycles. The second kappa shape index (κ2) is 4.93. The molecule has 0 aliphatic carbocycles. The summed E-state index contributed by atoms with van der Waals surface area (Å²) in [5.41, 5.74) is 0.724. The van der Waals surface area contributed by atoms with Gasteiger partial charge < -0.3 is 10.1 Å². The lowest BCUT2D eigenvalue weighted by Gasteiger charge is -2.22. The van der Waals surface area contributed by atoms with Crippen molar-refractivity contribution in [3.63, 3.8) is 0 Å². The summed E-state index contributed by atoms with van der Waals surface area (Å²) in [7, 11) is 0. The summed E-state index contributed by atoms with van der Waals surface area (Å²) in [4.78, 5) is 0. The van der Waals surface area contributed by atoms with Crippen LogP contribution >= 0.6 is 0 Å². The first-order valence-corrected chi connectivity index (χ1v) is 5.80. The summed E-state index contributed by atoms with van der Waals surface area (Å²) in [5.74, 6) is -0.144. The number of hydrogen-bond acceptors (Lipinski definition) is 2. The fourth-order valence-corrected chi connectivity index (χ4v) is 2.19. The monoisotopic (exact) mass is 223 g/mol. The summed E-state index contributed by atoms with van der Waals surface area (Å²) in [6.07, 6.45) is 1.22. The molecule has 0 radical (unpaired) electrons. The molecule has 2 nitrogen and oxygen atoms in total. The molecule has 1 saturated heterocycles. The lowest BCUT2D eigenvalue weighted by atomic mass is 10.0. The van der Waals surface area contributed by atoms with Gasteiger partial charge >= 0.3 is 0 Å². The minimum Gasteiger partial charge on any atom is -0.377 e. The van der Waals surface area contributed by atoms with Crippen LogP contribution in [0.4, 0.5) is 4.39 Å². The topological polar surface area (TPSA) is 21.3 Å². The lowest BCUT2D eigenvalue weighted by Crippen LogP contribution is -2.36. The summed E-state index contributed by atoms with van der Waals surface area (Å²) in [6.45, 7) is 4.84. The van der Waals surface area contributed by atoms with Gasteiger partial charge in [-0.2, -0.15) is 0 Å². The number of nitrogens with one attached hydrogen (secondary N) is 1. The molecule has 0 amide bonds. The van der Waals surface area contributed by atoms with Crippen LogP contribution in [0.15, 0.2) is 24.3 Å². The van der Waals surface area contributed by atoms with Gasteiger partial charge in [0.05, 0.1) is 6.10 Å². The van der Waals surface area contributed by atoms with Crippen molar-refractivity contribution in [2.45, 2.75) is 38.5 Å². The van der Waals surface area contributed by atoms with Crippen LogP contribution in [-0.2, 0) is 4.74 Å². The maximum Gasteiger partial charge on any atom is 0.127 e. The number of hydrogen-bond donors (Lipinski definition) is 1. The van der Waals surface area contributed by atoms with Crippen molar-refractivity contribution in [3.05, 3.63) is 35.6 Å². The Bertz CT molecular complexity index is 356. The molecule has 16 heavy (non-hydrogen) atoms. The van der Waals surface area contributed by atoms with E-state index >= 15 is 0 Å². The third kappa shape index (κ3) is 2.42. The molecule has 1 aromatic carbocycles. The summed E-state index contributed by atoms with van der Waals surface area (Å²) in [5, 5.41) is 3.42. The first-order chi connectivity index (χ1) is 7.68. The Morgan fingerprint density at radius 1 is 1.44 bits per heavy atom. The van der Waals surface area contributed by atoms with E-state index in [0.29, 0.717) is 6.04 Å². The van der Waals surface area contributed by atoms with Crippen LogP contribution < -0.4 is 5.32 Å². The Hall–Kier alpha value is -0.930. The number of ether oxygens (including phenoxy) is 1. The zero-order valence-corrected chi connectivity index (χ0v) is 9.74. The molecule has 1 aromatic rings. The van der Waals surface area contributed by atoms with Crippen LogP contribution in [0.2, 0.25) is 0 Å². The highest BCUT2D eigenvalue weighted by Crippen LogP contribution is 2.20. The van der Waals surface area contributed by atoms with Crippen LogP contribution in [0.1, 0.15) is 31.9 Å². The third-order valence-electron chi connectivity index (χ3n) is 3.21. The summed E-state index contributed by atoms with van der Waals surface area (Å²) in [6, 6.07) is 7.26. The molecule has 2 rings (SSSR count). The SMILES string of the molecule is CC1OCCC1N[C@H](C)c1ccccc1F. The van der Waals surface area contributed by atoms with Gasteiger partial charge in [-0.1, -0.05) is 18.2 Å². The zero-order chi connectivity index (χ0) is 11.5. The van der Waals surface area contributed by atoms with E-state index in [-0.39, 0.29) is 18.0 Å². The Labute approximate surface area is 95.8 Å². The normalized spacial score (nSPS) is 26.9. The van der Waals surface area contributed by atoms with Crippen LogP contribution in [0.25, 0.3) is 0 Å². The molecule has 1 aliphatic heterocycles. The lowest BCUT2D eigenvalue weighted by molar-refractivity contribution is 0.111. The third-order valence-corrected chi connectivity index (χ3v) is 3.21. The Morgan fingerprint density at radius 2 is 2.19 bits per heavy atom. The fraction of sp³-hybridized carbons (Fsp3) is 0.538. The largest absolute Gasteiger partial charge is 0.377 e. The minimum absolute atomic E-state index is 0.0235. The highest BCUT2D eigenvalue weighted by atomic mass is 19.1. The smallest absolute Gasteiger partial charge is 0.127 e. The van der Waals surface area contributed by atoms with Gasteiger partial charge in [0, 0.05) is 24.3 Å². The number of benzene rings is 1. The second-order valence-corrected chi connectivity index (χ2v) is 4.38. The van der Waals surface area contributed by atoms with E-state index in [2.05, 4.69) is 12.2 Å². The molecule has 3 heteroatoms. The Balaban J connectivity index is 2.03. The van der Waals surface area contributed by atoms with Crippen molar-refractivity contribution in [1.82, 2.24) is 5.32 Å². The molecule has 1 N–H and O–H groups in total. The van der Waals surface area contributed by atoms with Crippen molar-refractivity contribution >= 4 is 0 Å². The maximum atomic E-state index is 13.5. The van der Waals surface area contributed by atoms with E-state index in [1.54, 1.807) is 6.07 Å². The van der Waals surface area contributed by atoms with Crippen LogP contribution in [-0.4, -0.2) is 18.8 Å². The first kappa shape index (κ1) is 11.6. The quantitative estimate of drug-likeness (QED) is 0.850. The van der Waals surface area contributed by atoms with Gasteiger partial charge in [0.25, 0.3) is 0 Å². The Kier molecular flexibility index (Phi) is 3.56.